The molecule has 1 heterocycles. The Morgan fingerprint density at radius 3 is 2.89 bits per heavy atom. The summed E-state index contributed by atoms with van der Waals surface area (Å²) < 4.78 is 5.54. The molecule has 2 N–H and O–H groups in total. The highest BCUT2D eigenvalue weighted by molar-refractivity contribution is 5.97. The van der Waals surface area contributed by atoms with Crippen molar-refractivity contribution in [2.45, 2.75) is 6.92 Å². The molecule has 0 spiro atoms. The highest BCUT2D eigenvalue weighted by Crippen LogP contribution is 2.28. The van der Waals surface area contributed by atoms with Crippen LogP contribution in [0.5, 0.6) is 11.6 Å². The smallest absolute Gasteiger partial charge is 0.237 e. The van der Waals surface area contributed by atoms with Gasteiger partial charge in [0.25, 0.3) is 0 Å². The van der Waals surface area contributed by atoms with Crippen molar-refractivity contribution in [3.8, 4) is 17.7 Å². The summed E-state index contributed by atoms with van der Waals surface area (Å²) in [4.78, 5) is 15.5. The number of anilines is 1. The Morgan fingerprint density at radius 1 is 1.42 bits per heavy atom. The average molecular weight is 253 g/mol. The lowest BCUT2D eigenvalue weighted by Crippen LogP contribution is -2.00. The molecule has 0 saturated carbocycles. The number of benzene rings is 1. The van der Waals surface area contributed by atoms with E-state index in [2.05, 4.69) is 4.98 Å². The van der Waals surface area contributed by atoms with E-state index in [9.17, 15) is 4.79 Å². The number of hydrogen-bond acceptors (Lipinski definition) is 5. The van der Waals surface area contributed by atoms with Crippen LogP contribution in [0.2, 0.25) is 0 Å². The molecule has 5 heteroatoms. The zero-order valence-corrected chi connectivity index (χ0v) is 10.3. The number of nitrogen functional groups attached to an aromatic ring is 1. The second kappa shape index (κ2) is 5.19. The summed E-state index contributed by atoms with van der Waals surface area (Å²) in [6.07, 6.45) is 1.51. The molecule has 0 atom stereocenters. The largest absolute Gasteiger partial charge is 0.437 e. The van der Waals surface area contributed by atoms with Gasteiger partial charge in [0.2, 0.25) is 5.88 Å². The van der Waals surface area contributed by atoms with Gasteiger partial charge in [-0.2, -0.15) is 5.26 Å². The second-order valence-electron chi connectivity index (χ2n) is 3.88. The maximum atomic E-state index is 11.5. The number of nitriles is 1. The maximum Gasteiger partial charge on any atom is 0.237 e. The number of hydrogen-bond donors (Lipinski definition) is 1. The Kier molecular flexibility index (Phi) is 3.44. The molecule has 94 valence electrons. The number of aromatic nitrogens is 1. The predicted octanol–water partition coefficient (Wildman–Crippen LogP) is 2.53. The van der Waals surface area contributed by atoms with Gasteiger partial charge in [-0.25, -0.2) is 4.98 Å². The van der Waals surface area contributed by atoms with E-state index in [1.807, 2.05) is 6.07 Å². The molecule has 1 aromatic heterocycles. The highest BCUT2D eigenvalue weighted by atomic mass is 16.5. The van der Waals surface area contributed by atoms with E-state index >= 15 is 0 Å². The quantitative estimate of drug-likeness (QED) is 0.670. The van der Waals surface area contributed by atoms with E-state index in [1.54, 1.807) is 24.3 Å². The Hall–Kier alpha value is -2.87. The molecular weight excluding hydrogens is 242 g/mol. The van der Waals surface area contributed by atoms with Crippen LogP contribution in [0.3, 0.4) is 0 Å². The minimum atomic E-state index is -0.170. The van der Waals surface area contributed by atoms with Crippen LogP contribution in [0.25, 0.3) is 0 Å². The lowest BCUT2D eigenvalue weighted by atomic mass is 10.1. The number of rotatable bonds is 3. The van der Waals surface area contributed by atoms with Crippen LogP contribution in [-0.4, -0.2) is 10.8 Å². The van der Waals surface area contributed by atoms with Crippen LogP contribution in [0.4, 0.5) is 5.69 Å². The third kappa shape index (κ3) is 2.69. The fourth-order valence-corrected chi connectivity index (χ4v) is 1.57. The van der Waals surface area contributed by atoms with Gasteiger partial charge in [0.05, 0.1) is 5.56 Å². The van der Waals surface area contributed by atoms with Crippen molar-refractivity contribution in [3.63, 3.8) is 0 Å². The fourth-order valence-electron chi connectivity index (χ4n) is 1.57. The third-order valence-corrected chi connectivity index (χ3v) is 2.48. The molecule has 0 fully saturated rings. The zero-order valence-electron chi connectivity index (χ0n) is 10.3. The van der Waals surface area contributed by atoms with E-state index in [4.69, 9.17) is 15.7 Å². The number of Topliss-reactive ketones (excluding diaryl/α,β-unsaturated/α-hetero) is 1. The van der Waals surface area contributed by atoms with Crippen molar-refractivity contribution in [1.82, 2.24) is 4.98 Å². The van der Waals surface area contributed by atoms with Crippen LogP contribution in [-0.2, 0) is 0 Å². The van der Waals surface area contributed by atoms with E-state index in [0.717, 1.165) is 0 Å². The molecule has 19 heavy (non-hydrogen) atoms. The maximum absolute atomic E-state index is 11.5. The van der Waals surface area contributed by atoms with Gasteiger partial charge in [0.1, 0.15) is 17.4 Å². The lowest BCUT2D eigenvalue weighted by molar-refractivity contribution is 0.101. The average Bonchev–Trinajstić information content (AvgIpc) is 2.41. The minimum absolute atomic E-state index is 0.164. The van der Waals surface area contributed by atoms with Gasteiger partial charge >= 0.3 is 0 Å². The molecule has 0 aliphatic carbocycles. The van der Waals surface area contributed by atoms with E-state index < -0.39 is 0 Å². The van der Waals surface area contributed by atoms with Gasteiger partial charge in [-0.3, -0.25) is 4.79 Å². The van der Waals surface area contributed by atoms with Crippen LogP contribution in [0.1, 0.15) is 22.8 Å². The van der Waals surface area contributed by atoms with Gasteiger partial charge in [-0.05, 0) is 37.3 Å². The number of ketones is 1. The van der Waals surface area contributed by atoms with Crippen molar-refractivity contribution < 1.29 is 9.53 Å². The van der Waals surface area contributed by atoms with Crippen molar-refractivity contribution >= 4 is 11.5 Å². The summed E-state index contributed by atoms with van der Waals surface area (Å²) in [6, 6.07) is 9.95. The zero-order chi connectivity index (χ0) is 13.8. The molecule has 0 unspecified atom stereocenters. The number of ether oxygens (including phenoxy) is 1. The number of pyridine rings is 1. The standard InChI is InChI=1S/C14H11N3O2/c1-9(18)12-7-11(16)4-5-13(12)19-14-10(8-15)3-2-6-17-14/h2-7H,16H2,1H3. The predicted molar refractivity (Wildman–Crippen MR) is 69.9 cm³/mol. The van der Waals surface area contributed by atoms with Crippen LogP contribution in [0.15, 0.2) is 36.5 Å². The molecule has 0 aliphatic heterocycles. The Balaban J connectivity index is 2.44. The highest BCUT2D eigenvalue weighted by Gasteiger charge is 2.12. The van der Waals surface area contributed by atoms with Gasteiger partial charge in [-0.15, -0.1) is 0 Å². The summed E-state index contributed by atoms with van der Waals surface area (Å²) >= 11 is 0. The van der Waals surface area contributed by atoms with Crippen molar-refractivity contribution in [2.24, 2.45) is 0 Å². The Bertz CT molecular complexity index is 675. The molecule has 0 aliphatic rings. The molecule has 2 rings (SSSR count). The topological polar surface area (TPSA) is 89.0 Å². The normalized spacial score (nSPS) is 9.68. The third-order valence-electron chi connectivity index (χ3n) is 2.48. The number of carbonyl (C=O) groups is 1. The van der Waals surface area contributed by atoms with Crippen LogP contribution in [0, 0.1) is 11.3 Å². The summed E-state index contributed by atoms with van der Waals surface area (Å²) in [5, 5.41) is 8.96. The van der Waals surface area contributed by atoms with Gasteiger partial charge in [-0.1, -0.05) is 0 Å². The van der Waals surface area contributed by atoms with E-state index in [-0.39, 0.29) is 11.7 Å². The molecule has 2 aromatic rings. The molecular formula is C14H11N3O2. The first-order chi connectivity index (χ1) is 9.11. The van der Waals surface area contributed by atoms with Gasteiger partial charge in [0, 0.05) is 11.9 Å². The summed E-state index contributed by atoms with van der Waals surface area (Å²) in [7, 11) is 0. The van der Waals surface area contributed by atoms with Gasteiger partial charge < -0.3 is 10.5 Å². The minimum Gasteiger partial charge on any atom is -0.437 e. The van der Waals surface area contributed by atoms with Gasteiger partial charge in [0.15, 0.2) is 5.78 Å². The van der Waals surface area contributed by atoms with Crippen LogP contribution < -0.4 is 10.5 Å². The lowest BCUT2D eigenvalue weighted by Gasteiger charge is -2.10. The van der Waals surface area contributed by atoms with Crippen molar-refractivity contribution in [1.29, 1.82) is 5.26 Å². The Labute approximate surface area is 110 Å². The number of carbonyl (C=O) groups excluding carboxylic acids is 1. The summed E-state index contributed by atoms with van der Waals surface area (Å²) in [6.45, 7) is 1.42. The summed E-state index contributed by atoms with van der Waals surface area (Å²) in [5.41, 5.74) is 6.77. The molecule has 0 saturated heterocycles. The molecule has 5 nitrogen and oxygen atoms in total. The van der Waals surface area contributed by atoms with Crippen molar-refractivity contribution in [3.05, 3.63) is 47.7 Å². The Morgan fingerprint density at radius 2 is 2.21 bits per heavy atom. The first-order valence-corrected chi connectivity index (χ1v) is 5.55. The molecule has 0 amide bonds. The first kappa shape index (κ1) is 12.6. The van der Waals surface area contributed by atoms with Crippen LogP contribution >= 0.6 is 0 Å². The van der Waals surface area contributed by atoms with E-state index in [1.165, 1.54) is 19.2 Å². The SMILES string of the molecule is CC(=O)c1cc(N)ccc1Oc1ncccc1C#N. The monoisotopic (exact) mass is 253 g/mol. The molecule has 0 radical (unpaired) electrons. The number of nitrogens with two attached hydrogens (primary N) is 1. The fraction of sp³-hybridized carbons (Fsp3) is 0.0714. The van der Waals surface area contributed by atoms with Crippen molar-refractivity contribution in [2.75, 3.05) is 5.73 Å². The molecule has 0 bridgehead atoms. The molecule has 1 aromatic carbocycles. The second-order valence-corrected chi connectivity index (χ2v) is 3.88. The number of nitrogens with zero attached hydrogens (tertiary/aromatic N) is 2. The van der Waals surface area contributed by atoms with E-state index in [0.29, 0.717) is 22.6 Å². The summed E-state index contributed by atoms with van der Waals surface area (Å²) in [5.74, 6) is 0.325. The first-order valence-electron chi connectivity index (χ1n) is 5.55.